The highest BCUT2D eigenvalue weighted by molar-refractivity contribution is 6.43. The largest absolute Gasteiger partial charge is 0.337 e. The fourth-order valence-corrected chi connectivity index (χ4v) is 8.59. The lowest BCUT2D eigenvalue weighted by molar-refractivity contribution is 0.165. The number of urea groups is 1. The highest BCUT2D eigenvalue weighted by Gasteiger charge is 2.49. The van der Waals surface area contributed by atoms with Crippen molar-refractivity contribution in [2.24, 2.45) is 5.92 Å². The summed E-state index contributed by atoms with van der Waals surface area (Å²) in [5, 5.41) is 15.4. The van der Waals surface area contributed by atoms with E-state index in [-0.39, 0.29) is 41.1 Å². The van der Waals surface area contributed by atoms with Gasteiger partial charge in [0.15, 0.2) is 5.82 Å². The molecule has 2 aromatic carbocycles. The number of fused-ring (bicyclic) bond motifs is 4. The third kappa shape index (κ3) is 4.76. The van der Waals surface area contributed by atoms with Crippen molar-refractivity contribution in [3.05, 3.63) is 87.7 Å². The first-order valence-corrected chi connectivity index (χ1v) is 17.2. The molecule has 5 aromatic rings. The molecule has 0 radical (unpaired) electrons. The zero-order valence-corrected chi connectivity index (χ0v) is 28.2. The molecule has 3 aromatic heterocycles. The van der Waals surface area contributed by atoms with Crippen molar-refractivity contribution in [3.8, 4) is 17.2 Å². The maximum atomic E-state index is 17.0. The minimum absolute atomic E-state index is 0.0426. The van der Waals surface area contributed by atoms with Crippen LogP contribution in [0.3, 0.4) is 0 Å². The van der Waals surface area contributed by atoms with E-state index in [0.717, 1.165) is 41.7 Å². The molecule has 1 aliphatic carbocycles. The minimum Gasteiger partial charge on any atom is -0.337 e. The number of aromatic nitrogens is 3. The maximum Gasteiger partial charge on any atom is 0.325 e. The van der Waals surface area contributed by atoms with Crippen molar-refractivity contribution in [2.75, 3.05) is 24.5 Å². The molecule has 1 N–H and O–H groups in total. The van der Waals surface area contributed by atoms with Crippen LogP contribution in [0, 0.1) is 30.0 Å². The van der Waals surface area contributed by atoms with Gasteiger partial charge in [-0.2, -0.15) is 5.26 Å². The van der Waals surface area contributed by atoms with Gasteiger partial charge in [-0.25, -0.2) is 14.2 Å². The summed E-state index contributed by atoms with van der Waals surface area (Å²) in [4.78, 5) is 26.8. The van der Waals surface area contributed by atoms with Gasteiger partial charge in [0.2, 0.25) is 0 Å². The average molecular weight is 683 g/mol. The Bertz CT molecular complexity index is 2130. The number of carbonyl (C=O) groups is 1. The van der Waals surface area contributed by atoms with Crippen LogP contribution in [-0.2, 0) is 6.42 Å². The summed E-state index contributed by atoms with van der Waals surface area (Å²) < 4.78 is 19.4. The monoisotopic (exact) mass is 681 g/mol. The lowest BCUT2D eigenvalue weighted by atomic mass is 9.79. The molecule has 4 unspecified atom stereocenters. The molecule has 4 fully saturated rings. The number of halogens is 3. The van der Waals surface area contributed by atoms with Crippen LogP contribution in [0.1, 0.15) is 55.2 Å². The predicted octanol–water partition coefficient (Wildman–Crippen LogP) is 8.39. The molecule has 1 saturated carbocycles. The number of hydrogen-bond donors (Lipinski definition) is 1. The van der Waals surface area contributed by atoms with Gasteiger partial charge in [0.25, 0.3) is 0 Å². The number of hydrogen-bond acceptors (Lipinski definition) is 5. The van der Waals surface area contributed by atoms with Gasteiger partial charge in [0, 0.05) is 83.5 Å². The number of aryl methyl sites for hydroxylation is 2. The molecule has 4 aliphatic rings. The summed E-state index contributed by atoms with van der Waals surface area (Å²) in [6, 6.07) is 15.4. The smallest absolute Gasteiger partial charge is 0.325 e. The number of rotatable bonds is 7. The van der Waals surface area contributed by atoms with E-state index >= 15 is 4.39 Å². The van der Waals surface area contributed by atoms with Gasteiger partial charge >= 0.3 is 6.03 Å². The highest BCUT2D eigenvalue weighted by Crippen LogP contribution is 2.50. The van der Waals surface area contributed by atoms with E-state index in [1.165, 1.54) is 0 Å². The van der Waals surface area contributed by atoms with Crippen LogP contribution in [0.4, 0.5) is 14.9 Å². The van der Waals surface area contributed by atoms with Crippen LogP contribution in [0.2, 0.25) is 10.0 Å². The highest BCUT2D eigenvalue weighted by atomic mass is 35.5. The van der Waals surface area contributed by atoms with E-state index in [1.54, 1.807) is 30.6 Å². The molecule has 48 heavy (non-hydrogen) atoms. The number of anilines is 1. The summed E-state index contributed by atoms with van der Waals surface area (Å²) in [6.45, 7) is 6.20. The Morgan fingerprint density at radius 3 is 2.69 bits per heavy atom. The summed E-state index contributed by atoms with van der Waals surface area (Å²) in [6.07, 6.45) is 5.88. The first-order valence-electron chi connectivity index (χ1n) is 16.5. The predicted molar refractivity (Wildman–Crippen MR) is 187 cm³/mol. The molecular formula is C37H34Cl2FN7O. The van der Waals surface area contributed by atoms with Gasteiger partial charge in [0.1, 0.15) is 5.52 Å². The van der Waals surface area contributed by atoms with Crippen molar-refractivity contribution in [2.45, 2.75) is 57.7 Å². The molecule has 4 atom stereocenters. The third-order valence-electron chi connectivity index (χ3n) is 10.6. The molecule has 8 nitrogen and oxygen atoms in total. The summed E-state index contributed by atoms with van der Waals surface area (Å²) in [7, 11) is 0. The average Bonchev–Trinajstić information content (AvgIpc) is 3.83. The van der Waals surface area contributed by atoms with E-state index < -0.39 is 5.82 Å². The van der Waals surface area contributed by atoms with Crippen LogP contribution in [0.15, 0.2) is 54.9 Å². The van der Waals surface area contributed by atoms with Crippen molar-refractivity contribution in [1.82, 2.24) is 24.8 Å². The normalized spacial score (nSPS) is 21.2. The molecule has 11 heteroatoms. The maximum absolute atomic E-state index is 17.0. The molecule has 9 rings (SSSR count). The van der Waals surface area contributed by atoms with E-state index in [4.69, 9.17) is 28.2 Å². The van der Waals surface area contributed by atoms with Gasteiger partial charge < -0.3 is 14.8 Å². The topological polar surface area (TPSA) is 90.1 Å². The standard InChI is InChI=1S/C37H34Cl2FN7O/c1-20-26-18-30(21(2)45-14-5-15-46(37(45)48)24-9-12-42-13-10-24)47(35-23-17-29(35)43-19-23)36(26)27-16-22(6-4-11-41)31(33(40)34(27)44-20)25-7-3-8-28(38)32(25)39/h3,7-10,12-13,16,18,21,23,29,35,43H,4-6,14-15,17,19H2,1-2H3. The molecule has 6 heterocycles. The fraction of sp³-hybridized carbons (Fsp3) is 0.351. The molecule has 3 aliphatic heterocycles. The number of nitriles is 1. The van der Waals surface area contributed by atoms with Gasteiger partial charge in [-0.05, 0) is 74.9 Å². The van der Waals surface area contributed by atoms with Gasteiger partial charge in [-0.15, -0.1) is 0 Å². The van der Waals surface area contributed by atoms with Crippen molar-refractivity contribution in [3.63, 3.8) is 0 Å². The second kappa shape index (κ2) is 12.0. The first kappa shape index (κ1) is 31.1. The SMILES string of the molecule is Cc1nc2c(F)c(-c3cccc(Cl)c3Cl)c(CCC#N)cc2c2c1cc(C(C)N1CCCN(c3ccncc3)C1=O)n2C1C2CNC1C2. The lowest BCUT2D eigenvalue weighted by Crippen LogP contribution is -2.51. The first-order chi connectivity index (χ1) is 23.3. The third-order valence-corrected chi connectivity index (χ3v) is 11.4. The quantitative estimate of drug-likeness (QED) is 0.186. The van der Waals surface area contributed by atoms with E-state index in [2.05, 4.69) is 33.9 Å². The Hall–Kier alpha value is -4.23. The lowest BCUT2D eigenvalue weighted by Gasteiger charge is -2.42. The molecule has 0 spiro atoms. The Morgan fingerprint density at radius 1 is 1.15 bits per heavy atom. The zero-order valence-electron chi connectivity index (χ0n) is 26.7. The number of nitrogens with zero attached hydrogens (tertiary/aromatic N) is 6. The van der Waals surface area contributed by atoms with Crippen LogP contribution in [-0.4, -0.2) is 51.1 Å². The van der Waals surface area contributed by atoms with Crippen LogP contribution in [0.5, 0.6) is 0 Å². The van der Waals surface area contributed by atoms with E-state index in [9.17, 15) is 10.1 Å². The Kier molecular flexibility index (Phi) is 7.78. The number of nitrogens with one attached hydrogen (secondary N) is 1. The second-order valence-corrected chi connectivity index (χ2v) is 13.9. The zero-order chi connectivity index (χ0) is 33.3. The van der Waals surface area contributed by atoms with Crippen molar-refractivity contribution < 1.29 is 9.18 Å². The van der Waals surface area contributed by atoms with Crippen LogP contribution >= 0.6 is 23.2 Å². The Labute approximate surface area is 288 Å². The Morgan fingerprint density at radius 2 is 1.96 bits per heavy atom. The van der Waals surface area contributed by atoms with Gasteiger partial charge in [0.05, 0.1) is 33.7 Å². The molecule has 3 saturated heterocycles. The van der Waals surface area contributed by atoms with E-state index in [0.29, 0.717) is 58.2 Å². The molecule has 2 bridgehead atoms. The minimum atomic E-state index is -0.481. The van der Waals surface area contributed by atoms with E-state index in [1.807, 2.05) is 34.9 Å². The summed E-state index contributed by atoms with van der Waals surface area (Å²) >= 11 is 13.0. The second-order valence-electron chi connectivity index (χ2n) is 13.1. The number of benzene rings is 2. The number of carbonyl (C=O) groups excluding carboxylic acids is 1. The number of amides is 2. The van der Waals surface area contributed by atoms with Crippen molar-refractivity contribution in [1.29, 1.82) is 5.26 Å². The molecule has 244 valence electrons. The molecule has 2 amide bonds. The molecular weight excluding hydrogens is 648 g/mol. The van der Waals surface area contributed by atoms with Crippen molar-refractivity contribution >= 4 is 56.7 Å². The van der Waals surface area contributed by atoms with Gasteiger partial charge in [-0.3, -0.25) is 9.88 Å². The summed E-state index contributed by atoms with van der Waals surface area (Å²) in [5.74, 6) is -0.0521. The summed E-state index contributed by atoms with van der Waals surface area (Å²) in [5.41, 5.74) is 5.19. The van der Waals surface area contributed by atoms with Crippen LogP contribution < -0.4 is 10.2 Å². The Balaban J connectivity index is 1.35. The van der Waals surface area contributed by atoms with Gasteiger partial charge in [-0.1, -0.05) is 35.3 Å². The number of pyridine rings is 2. The fourth-order valence-electron chi connectivity index (χ4n) is 8.19. The van der Waals surface area contributed by atoms with Crippen LogP contribution in [0.25, 0.3) is 32.9 Å².